The number of hydrogen-bond donors (Lipinski definition) is 1. The number of sulfonamides is 1. The van der Waals surface area contributed by atoms with Crippen molar-refractivity contribution in [1.82, 2.24) is 24.7 Å². The smallest absolute Gasteiger partial charge is 0.243 e. The van der Waals surface area contributed by atoms with Crippen molar-refractivity contribution in [3.05, 3.63) is 42.2 Å². The lowest BCUT2D eigenvalue weighted by molar-refractivity contribution is 0.176. The third-order valence-electron chi connectivity index (χ3n) is 5.57. The lowest BCUT2D eigenvalue weighted by Gasteiger charge is -2.32. The molecule has 12 nitrogen and oxygen atoms in total. The summed E-state index contributed by atoms with van der Waals surface area (Å²) in [6, 6.07) is 5.18. The Bertz CT molecular complexity index is 1250. The first-order chi connectivity index (χ1) is 16.9. The summed E-state index contributed by atoms with van der Waals surface area (Å²) < 4.78 is 60.4. The van der Waals surface area contributed by atoms with Crippen molar-refractivity contribution in [3.63, 3.8) is 0 Å². The molecule has 1 fully saturated rings. The highest BCUT2D eigenvalue weighted by molar-refractivity contribution is 7.93. The number of para-hydroxylation sites is 1. The number of hydrogen-bond acceptors (Lipinski definition) is 10. The molecule has 1 saturated heterocycles. The maximum atomic E-state index is 13.4. The van der Waals surface area contributed by atoms with Crippen molar-refractivity contribution in [3.8, 4) is 17.2 Å². The number of nitrogens with zero attached hydrogens (tertiary/aromatic N) is 6. The molecule has 1 atom stereocenters. The Kier molecular flexibility index (Phi) is 7.31. The summed E-state index contributed by atoms with van der Waals surface area (Å²) in [5, 5.41) is 7.41. The normalized spacial score (nSPS) is 16.2. The van der Waals surface area contributed by atoms with Crippen molar-refractivity contribution in [2.24, 2.45) is 0 Å². The predicted octanol–water partition coefficient (Wildman–Crippen LogP) is 1.77. The highest BCUT2D eigenvalue weighted by Gasteiger charge is 2.34. The molecule has 1 N–H and O–H groups in total. The van der Waals surface area contributed by atoms with Crippen LogP contribution in [0.4, 0.5) is 16.3 Å². The second-order valence-corrected chi connectivity index (χ2v) is 9.74. The third-order valence-corrected chi connectivity index (χ3v) is 7.30. The Morgan fingerprint density at radius 2 is 1.80 bits per heavy atom. The van der Waals surface area contributed by atoms with Crippen molar-refractivity contribution in [2.45, 2.75) is 24.7 Å². The Morgan fingerprint density at radius 3 is 2.43 bits per heavy atom. The zero-order chi connectivity index (χ0) is 25.0. The number of aromatic nitrogens is 5. The monoisotopic (exact) mass is 507 g/mol. The predicted molar refractivity (Wildman–Crippen MR) is 125 cm³/mol. The van der Waals surface area contributed by atoms with Crippen LogP contribution in [0.2, 0.25) is 0 Å². The first-order valence-electron chi connectivity index (χ1n) is 10.8. The summed E-state index contributed by atoms with van der Waals surface area (Å²) in [5.74, 6) is 0.886. The fourth-order valence-corrected chi connectivity index (χ4v) is 5.35. The molecule has 0 radical (unpaired) electrons. The molecule has 1 aliphatic rings. The topological polar surface area (TPSA) is 134 Å². The van der Waals surface area contributed by atoms with E-state index < -0.39 is 21.1 Å². The van der Waals surface area contributed by atoms with Gasteiger partial charge in [0.15, 0.2) is 11.6 Å². The summed E-state index contributed by atoms with van der Waals surface area (Å²) >= 11 is 0. The van der Waals surface area contributed by atoms with Gasteiger partial charge in [-0.3, -0.25) is 9.29 Å². The average molecular weight is 508 g/mol. The average Bonchev–Trinajstić information content (AvgIpc) is 3.25. The number of ether oxygens (including phenoxy) is 3. The van der Waals surface area contributed by atoms with Crippen LogP contribution >= 0.6 is 0 Å². The van der Waals surface area contributed by atoms with Crippen LogP contribution in [-0.2, 0) is 21.4 Å². The molecule has 3 heterocycles. The molecular formula is C21H26FN7O5S. The van der Waals surface area contributed by atoms with Gasteiger partial charge in [0.25, 0.3) is 0 Å². The largest absolute Gasteiger partial charge is 0.494 e. The standard InChI is InChI=1S/C21H26FN7O5S/c1-32-13-18-25-26-21(29(18)19-16(33-2)7-4-8-17(19)34-3)27-35(30,31)15-6-5-9-28(12-15)20-23-10-14(22)11-24-20/h4,7-8,10-11,15H,5-6,9,12-13H2,1-3H3,(H,26,27)/t15-/m1/s1. The number of methoxy groups -OCH3 is 3. The number of benzene rings is 1. The van der Waals surface area contributed by atoms with Crippen molar-refractivity contribution < 1.29 is 27.0 Å². The van der Waals surface area contributed by atoms with Crippen molar-refractivity contribution in [1.29, 1.82) is 0 Å². The van der Waals surface area contributed by atoms with Crippen LogP contribution < -0.4 is 19.1 Å². The minimum absolute atomic E-state index is 0.0324. The third kappa shape index (κ3) is 5.12. The lowest BCUT2D eigenvalue weighted by atomic mass is 10.1. The maximum Gasteiger partial charge on any atom is 0.243 e. The minimum atomic E-state index is -3.92. The second kappa shape index (κ2) is 10.4. The second-order valence-electron chi connectivity index (χ2n) is 7.78. The molecule has 0 spiro atoms. The maximum absolute atomic E-state index is 13.4. The SMILES string of the molecule is COCc1nnc(NS(=O)(=O)[C@@H]2CCCN(c3ncc(F)cn3)C2)n1-c1c(OC)cccc1OC. The molecule has 1 aromatic carbocycles. The van der Waals surface area contributed by atoms with E-state index in [0.717, 1.165) is 12.4 Å². The van der Waals surface area contributed by atoms with E-state index >= 15 is 0 Å². The quantitative estimate of drug-likeness (QED) is 0.457. The van der Waals surface area contributed by atoms with Gasteiger partial charge >= 0.3 is 0 Å². The number of anilines is 2. The molecule has 4 rings (SSSR count). The van der Waals surface area contributed by atoms with Gasteiger partial charge in [-0.05, 0) is 25.0 Å². The molecular weight excluding hydrogens is 481 g/mol. The van der Waals surface area contributed by atoms with Gasteiger partial charge in [-0.25, -0.2) is 22.8 Å². The van der Waals surface area contributed by atoms with Crippen molar-refractivity contribution >= 4 is 21.9 Å². The lowest BCUT2D eigenvalue weighted by Crippen LogP contribution is -2.45. The Balaban J connectivity index is 1.67. The molecule has 0 amide bonds. The van der Waals surface area contributed by atoms with Crippen LogP contribution in [0.15, 0.2) is 30.6 Å². The summed E-state index contributed by atoms with van der Waals surface area (Å²) in [5.41, 5.74) is 0.428. The van der Waals surface area contributed by atoms with Crippen molar-refractivity contribution in [2.75, 3.05) is 44.0 Å². The van der Waals surface area contributed by atoms with Crippen LogP contribution in [0.3, 0.4) is 0 Å². The van der Waals surface area contributed by atoms with Gasteiger partial charge in [-0.2, -0.15) is 0 Å². The fourth-order valence-electron chi connectivity index (χ4n) is 3.94. The van der Waals surface area contributed by atoms with Gasteiger partial charge < -0.3 is 19.1 Å². The van der Waals surface area contributed by atoms with Crippen LogP contribution in [0.1, 0.15) is 18.7 Å². The molecule has 0 saturated carbocycles. The Hall–Kier alpha value is -3.52. The summed E-state index contributed by atoms with van der Waals surface area (Å²) in [6.07, 6.45) is 3.12. The van der Waals surface area contributed by atoms with Gasteiger partial charge in [0, 0.05) is 20.2 Å². The number of rotatable bonds is 9. The molecule has 0 unspecified atom stereocenters. The molecule has 0 bridgehead atoms. The molecule has 2 aromatic heterocycles. The summed E-state index contributed by atoms with van der Waals surface area (Å²) in [6.45, 7) is 0.761. The van der Waals surface area contributed by atoms with Crippen LogP contribution in [0, 0.1) is 5.82 Å². The zero-order valence-electron chi connectivity index (χ0n) is 19.5. The summed E-state index contributed by atoms with van der Waals surface area (Å²) in [4.78, 5) is 9.67. The zero-order valence-corrected chi connectivity index (χ0v) is 20.3. The molecule has 35 heavy (non-hydrogen) atoms. The molecule has 0 aliphatic carbocycles. The van der Waals surface area contributed by atoms with E-state index in [1.165, 1.54) is 25.9 Å². The first-order valence-corrected chi connectivity index (χ1v) is 12.3. The van der Waals surface area contributed by atoms with E-state index in [1.54, 1.807) is 23.1 Å². The van der Waals surface area contributed by atoms with E-state index in [1.807, 2.05) is 0 Å². The van der Waals surface area contributed by atoms with Gasteiger partial charge in [-0.15, -0.1) is 10.2 Å². The van der Waals surface area contributed by atoms with E-state index in [-0.39, 0.29) is 25.0 Å². The Morgan fingerprint density at radius 1 is 1.11 bits per heavy atom. The van der Waals surface area contributed by atoms with Gasteiger partial charge in [0.05, 0.1) is 31.9 Å². The number of nitrogens with one attached hydrogen (secondary N) is 1. The van der Waals surface area contributed by atoms with E-state index in [2.05, 4.69) is 24.9 Å². The van der Waals surface area contributed by atoms with Gasteiger partial charge in [0.1, 0.15) is 23.8 Å². The highest BCUT2D eigenvalue weighted by Crippen LogP contribution is 2.35. The molecule has 1 aliphatic heterocycles. The number of piperidine rings is 1. The van der Waals surface area contributed by atoms with Crippen LogP contribution in [0.5, 0.6) is 11.5 Å². The highest BCUT2D eigenvalue weighted by atomic mass is 32.2. The Labute approximate surface area is 202 Å². The van der Waals surface area contributed by atoms with Crippen LogP contribution in [0.25, 0.3) is 5.69 Å². The number of halogens is 1. The summed E-state index contributed by atoms with van der Waals surface area (Å²) in [7, 11) is 0.566. The van der Waals surface area contributed by atoms with Crippen LogP contribution in [-0.4, -0.2) is 72.8 Å². The van der Waals surface area contributed by atoms with E-state index in [0.29, 0.717) is 42.4 Å². The first kappa shape index (κ1) is 24.6. The van der Waals surface area contributed by atoms with E-state index in [4.69, 9.17) is 14.2 Å². The van der Waals surface area contributed by atoms with E-state index in [9.17, 15) is 12.8 Å². The fraction of sp³-hybridized carbons (Fsp3) is 0.429. The molecule has 3 aromatic rings. The van der Waals surface area contributed by atoms with Gasteiger partial charge in [-0.1, -0.05) is 6.07 Å². The van der Waals surface area contributed by atoms with Gasteiger partial charge in [0.2, 0.25) is 21.9 Å². The minimum Gasteiger partial charge on any atom is -0.494 e. The molecule has 14 heteroatoms. The molecule has 188 valence electrons.